The van der Waals surface area contributed by atoms with Crippen LogP contribution in [0.5, 0.6) is 0 Å². The molecule has 2 aromatic heterocycles. The normalized spacial score (nSPS) is 20.7. The lowest BCUT2D eigenvalue weighted by atomic mass is 10.2. The lowest BCUT2D eigenvalue weighted by Gasteiger charge is -2.38. The average molecular weight is 350 g/mol. The van der Waals surface area contributed by atoms with Crippen LogP contribution in [-0.2, 0) is 0 Å². The number of halogens is 1. The van der Waals surface area contributed by atoms with Crippen LogP contribution in [0.15, 0.2) is 17.6 Å². The third-order valence-electron chi connectivity index (χ3n) is 4.64. The maximum absolute atomic E-state index is 6.19. The van der Waals surface area contributed by atoms with Crippen molar-refractivity contribution in [3.05, 3.63) is 33.6 Å². The van der Waals surface area contributed by atoms with Crippen molar-refractivity contribution in [1.29, 1.82) is 0 Å². The number of nitrogens with zero attached hydrogens (tertiary/aromatic N) is 5. The molecule has 1 unspecified atom stereocenters. The molecule has 23 heavy (non-hydrogen) atoms. The van der Waals surface area contributed by atoms with Crippen LogP contribution in [0.25, 0.3) is 0 Å². The van der Waals surface area contributed by atoms with E-state index in [2.05, 4.69) is 26.7 Å². The summed E-state index contributed by atoms with van der Waals surface area (Å²) >= 11 is 7.92. The summed E-state index contributed by atoms with van der Waals surface area (Å²) in [5.74, 6) is 2.43. The summed E-state index contributed by atoms with van der Waals surface area (Å²) in [5.41, 5.74) is 0. The molecule has 0 N–H and O–H groups in total. The van der Waals surface area contributed by atoms with Crippen LogP contribution in [-0.4, -0.2) is 46.0 Å². The SMILES string of the molecule is CC(c1nccs1)N1CCN(c2cc(Cl)nc(C3CC3)n2)CC1. The Morgan fingerprint density at radius 1 is 1.22 bits per heavy atom. The van der Waals surface area contributed by atoms with Gasteiger partial charge in [-0.15, -0.1) is 11.3 Å². The molecule has 1 aliphatic heterocycles. The van der Waals surface area contributed by atoms with Gasteiger partial charge in [-0.25, -0.2) is 15.0 Å². The van der Waals surface area contributed by atoms with E-state index in [-0.39, 0.29) is 0 Å². The minimum Gasteiger partial charge on any atom is -0.354 e. The first-order valence-corrected chi connectivity index (χ1v) is 9.39. The maximum Gasteiger partial charge on any atom is 0.135 e. The second kappa shape index (κ2) is 6.34. The molecule has 1 saturated heterocycles. The number of piperazine rings is 1. The van der Waals surface area contributed by atoms with E-state index in [9.17, 15) is 0 Å². The Morgan fingerprint density at radius 3 is 2.65 bits per heavy atom. The molecule has 3 heterocycles. The number of rotatable bonds is 4. The molecule has 2 aliphatic rings. The Bertz CT molecular complexity index is 665. The van der Waals surface area contributed by atoms with Crippen LogP contribution in [0, 0.1) is 0 Å². The first kappa shape index (κ1) is 15.3. The molecule has 0 amide bonds. The number of anilines is 1. The van der Waals surface area contributed by atoms with Gasteiger partial charge in [0.2, 0.25) is 0 Å². The monoisotopic (exact) mass is 349 g/mol. The van der Waals surface area contributed by atoms with Crippen molar-refractivity contribution in [2.24, 2.45) is 0 Å². The fraction of sp³-hybridized carbons (Fsp3) is 0.562. The van der Waals surface area contributed by atoms with Gasteiger partial charge in [-0.1, -0.05) is 11.6 Å². The Kier molecular flexibility index (Phi) is 4.22. The number of aromatic nitrogens is 3. The second-order valence-electron chi connectivity index (χ2n) is 6.25. The van der Waals surface area contributed by atoms with Crippen molar-refractivity contribution in [2.45, 2.75) is 31.7 Å². The molecule has 1 aliphatic carbocycles. The highest BCUT2D eigenvalue weighted by Gasteiger charge is 2.29. The zero-order valence-corrected chi connectivity index (χ0v) is 14.7. The molecule has 122 valence electrons. The van der Waals surface area contributed by atoms with E-state index in [0.717, 1.165) is 37.8 Å². The molecule has 1 saturated carbocycles. The predicted octanol–water partition coefficient (Wildman–Crippen LogP) is 3.35. The minimum atomic E-state index is 0.383. The predicted molar refractivity (Wildman–Crippen MR) is 93.3 cm³/mol. The molecular formula is C16H20ClN5S. The number of hydrogen-bond acceptors (Lipinski definition) is 6. The lowest BCUT2D eigenvalue weighted by molar-refractivity contribution is 0.198. The fourth-order valence-electron chi connectivity index (χ4n) is 3.04. The van der Waals surface area contributed by atoms with Crippen LogP contribution in [0.2, 0.25) is 5.15 Å². The topological polar surface area (TPSA) is 45.2 Å². The molecule has 7 heteroatoms. The molecule has 5 nitrogen and oxygen atoms in total. The summed E-state index contributed by atoms with van der Waals surface area (Å²) in [5, 5.41) is 3.81. The highest BCUT2D eigenvalue weighted by Crippen LogP contribution is 2.39. The smallest absolute Gasteiger partial charge is 0.135 e. The molecule has 2 aromatic rings. The first-order chi connectivity index (χ1) is 11.2. The van der Waals surface area contributed by atoms with Gasteiger partial charge in [0.1, 0.15) is 21.8 Å². The van der Waals surface area contributed by atoms with Gasteiger partial charge in [-0.3, -0.25) is 4.90 Å². The van der Waals surface area contributed by atoms with E-state index >= 15 is 0 Å². The quantitative estimate of drug-likeness (QED) is 0.792. The highest BCUT2D eigenvalue weighted by atomic mass is 35.5. The van der Waals surface area contributed by atoms with Crippen molar-refractivity contribution in [1.82, 2.24) is 19.9 Å². The van der Waals surface area contributed by atoms with Crippen molar-refractivity contribution in [3.63, 3.8) is 0 Å². The van der Waals surface area contributed by atoms with Crippen LogP contribution in [0.1, 0.15) is 42.6 Å². The second-order valence-corrected chi connectivity index (χ2v) is 7.56. The number of thiazole rings is 1. The fourth-order valence-corrected chi connectivity index (χ4v) is 3.96. The van der Waals surface area contributed by atoms with Gasteiger partial charge in [0, 0.05) is 49.7 Å². The summed E-state index contributed by atoms with van der Waals surface area (Å²) in [7, 11) is 0. The Balaban J connectivity index is 1.43. The zero-order chi connectivity index (χ0) is 15.8. The van der Waals surface area contributed by atoms with Gasteiger partial charge in [0.25, 0.3) is 0 Å². The Labute approximate surface area is 145 Å². The van der Waals surface area contributed by atoms with Crippen LogP contribution in [0.3, 0.4) is 0 Å². The van der Waals surface area contributed by atoms with Gasteiger partial charge in [-0.2, -0.15) is 0 Å². The third-order valence-corrected chi connectivity index (χ3v) is 5.78. The van der Waals surface area contributed by atoms with Crippen molar-refractivity contribution >= 4 is 28.8 Å². The van der Waals surface area contributed by atoms with Gasteiger partial charge in [-0.05, 0) is 19.8 Å². The summed E-state index contributed by atoms with van der Waals surface area (Å²) in [6.45, 7) is 6.20. The van der Waals surface area contributed by atoms with E-state index < -0.39 is 0 Å². The van der Waals surface area contributed by atoms with Crippen molar-refractivity contribution in [3.8, 4) is 0 Å². The summed E-state index contributed by atoms with van der Waals surface area (Å²) in [4.78, 5) is 18.4. The van der Waals surface area contributed by atoms with Crippen molar-refractivity contribution < 1.29 is 0 Å². The van der Waals surface area contributed by atoms with E-state index in [1.165, 1.54) is 17.8 Å². The number of hydrogen-bond donors (Lipinski definition) is 0. The van der Waals surface area contributed by atoms with Crippen LogP contribution >= 0.6 is 22.9 Å². The molecule has 0 radical (unpaired) electrons. The molecule has 0 aromatic carbocycles. The molecule has 4 rings (SSSR count). The largest absolute Gasteiger partial charge is 0.354 e. The standard InChI is InChI=1S/C16H20ClN5S/c1-11(16-18-4-9-23-16)21-5-7-22(8-6-21)14-10-13(17)19-15(20-14)12-2-3-12/h4,9-12H,2-3,5-8H2,1H3. The average Bonchev–Trinajstić information content (AvgIpc) is 3.28. The zero-order valence-electron chi connectivity index (χ0n) is 13.2. The van der Waals surface area contributed by atoms with Gasteiger partial charge in [0.05, 0.1) is 6.04 Å². The molecule has 2 fully saturated rings. The summed E-state index contributed by atoms with van der Waals surface area (Å²) < 4.78 is 0. The Morgan fingerprint density at radius 2 is 2.00 bits per heavy atom. The lowest BCUT2D eigenvalue weighted by Crippen LogP contribution is -2.47. The summed E-state index contributed by atoms with van der Waals surface area (Å²) in [6, 6.07) is 2.28. The molecular weight excluding hydrogens is 330 g/mol. The molecule has 0 bridgehead atoms. The van der Waals surface area contributed by atoms with Crippen LogP contribution < -0.4 is 4.90 Å². The molecule has 1 atom stereocenters. The van der Waals surface area contributed by atoms with E-state index in [1.807, 2.05) is 17.6 Å². The van der Waals surface area contributed by atoms with Gasteiger partial charge < -0.3 is 4.90 Å². The van der Waals surface area contributed by atoms with Crippen molar-refractivity contribution in [2.75, 3.05) is 31.1 Å². The van der Waals surface area contributed by atoms with E-state index in [0.29, 0.717) is 17.1 Å². The maximum atomic E-state index is 6.19. The minimum absolute atomic E-state index is 0.383. The van der Waals surface area contributed by atoms with Gasteiger partial charge in [0.15, 0.2) is 0 Å². The molecule has 0 spiro atoms. The Hall–Kier alpha value is -1.24. The third kappa shape index (κ3) is 3.34. The first-order valence-electron chi connectivity index (χ1n) is 8.13. The van der Waals surface area contributed by atoms with E-state index in [4.69, 9.17) is 16.6 Å². The van der Waals surface area contributed by atoms with Crippen LogP contribution in [0.4, 0.5) is 5.82 Å². The highest BCUT2D eigenvalue weighted by molar-refractivity contribution is 7.09. The van der Waals surface area contributed by atoms with Gasteiger partial charge >= 0.3 is 0 Å². The summed E-state index contributed by atoms with van der Waals surface area (Å²) in [6.07, 6.45) is 4.27. The van der Waals surface area contributed by atoms with E-state index in [1.54, 1.807) is 11.3 Å².